The molecule has 5 rings (SSSR count). The molecule has 1 saturated carbocycles. The lowest BCUT2D eigenvalue weighted by molar-refractivity contribution is -0.0493. The molecule has 3 aromatic heterocycles. The van der Waals surface area contributed by atoms with Crippen LogP contribution in [0.15, 0.2) is 25.0 Å². The molecule has 3 aromatic rings. The van der Waals surface area contributed by atoms with Crippen molar-refractivity contribution < 1.29 is 8.78 Å². The van der Waals surface area contributed by atoms with Crippen LogP contribution >= 0.6 is 0 Å². The molecular weight excluding hydrogens is 464 g/mol. The van der Waals surface area contributed by atoms with E-state index in [0.29, 0.717) is 30.9 Å². The molecule has 194 valence electrons. The minimum Gasteiger partial charge on any atom is -0.375 e. The van der Waals surface area contributed by atoms with Gasteiger partial charge in [0.05, 0.1) is 29.3 Å². The molecule has 0 aromatic carbocycles. The lowest BCUT2D eigenvalue weighted by Gasteiger charge is -2.34. The van der Waals surface area contributed by atoms with Crippen LogP contribution in [0.3, 0.4) is 0 Å². The Morgan fingerprint density at radius 3 is 2.61 bits per heavy atom. The van der Waals surface area contributed by atoms with Crippen molar-refractivity contribution in [2.75, 3.05) is 38.1 Å². The maximum Gasteiger partial charge on any atom is 0.252 e. The average molecular weight is 500 g/mol. The van der Waals surface area contributed by atoms with Crippen LogP contribution in [0.5, 0.6) is 0 Å². The Morgan fingerprint density at radius 2 is 1.92 bits per heavy atom. The van der Waals surface area contributed by atoms with E-state index in [1.807, 2.05) is 30.8 Å². The van der Waals surface area contributed by atoms with Crippen molar-refractivity contribution in [3.63, 3.8) is 0 Å². The summed E-state index contributed by atoms with van der Waals surface area (Å²) in [6.45, 7) is 12.7. The van der Waals surface area contributed by atoms with Crippen LogP contribution in [0.4, 0.5) is 14.6 Å². The monoisotopic (exact) mass is 499 g/mol. The van der Waals surface area contributed by atoms with Gasteiger partial charge in [-0.2, -0.15) is 15.2 Å². The normalized spacial score (nSPS) is 20.1. The van der Waals surface area contributed by atoms with Crippen molar-refractivity contribution in [3.8, 4) is 0 Å². The van der Waals surface area contributed by atoms with E-state index < -0.39 is 5.92 Å². The fourth-order valence-electron chi connectivity index (χ4n) is 5.31. The van der Waals surface area contributed by atoms with Gasteiger partial charge in [-0.3, -0.25) is 4.68 Å². The predicted molar refractivity (Wildman–Crippen MR) is 135 cm³/mol. The molecule has 0 amide bonds. The number of anilines is 1. The van der Waals surface area contributed by atoms with Crippen molar-refractivity contribution in [2.24, 2.45) is 5.92 Å². The molecule has 1 aliphatic heterocycles. The molecule has 0 radical (unpaired) electrons. The maximum absolute atomic E-state index is 14.0. The zero-order chi connectivity index (χ0) is 25.4. The Bertz CT molecular complexity index is 1220. The Hall–Kier alpha value is -3.08. The topological polar surface area (TPSA) is 79.4 Å². The number of fused-ring (bicyclic) bond motifs is 1. The molecule has 2 fully saturated rings. The number of hydrogen-bond acceptors (Lipinski definition) is 7. The smallest absolute Gasteiger partial charge is 0.252 e. The summed E-state index contributed by atoms with van der Waals surface area (Å²) >= 11 is 0. The Balaban J connectivity index is 1.46. The van der Waals surface area contributed by atoms with Crippen LogP contribution < -0.4 is 10.2 Å². The van der Waals surface area contributed by atoms with Crippen molar-refractivity contribution in [1.82, 2.24) is 39.6 Å². The second kappa shape index (κ2) is 9.76. The number of nitrogens with one attached hydrogen (secondary N) is 1. The highest BCUT2D eigenvalue weighted by molar-refractivity contribution is 5.59. The summed E-state index contributed by atoms with van der Waals surface area (Å²) in [4.78, 5) is 14.3. The quantitative estimate of drug-likeness (QED) is 0.533. The van der Waals surface area contributed by atoms with Gasteiger partial charge in [0.1, 0.15) is 5.69 Å². The van der Waals surface area contributed by atoms with Gasteiger partial charge in [-0.25, -0.2) is 18.3 Å². The highest BCUT2D eigenvalue weighted by atomic mass is 19.3. The zero-order valence-electron chi connectivity index (χ0n) is 21.3. The van der Waals surface area contributed by atoms with Gasteiger partial charge in [-0.05, 0) is 45.7 Å². The van der Waals surface area contributed by atoms with E-state index in [4.69, 9.17) is 15.1 Å². The summed E-state index contributed by atoms with van der Waals surface area (Å²) in [5.41, 5.74) is 3.15. The lowest BCUT2D eigenvalue weighted by Crippen LogP contribution is -2.45. The van der Waals surface area contributed by atoms with Crippen LogP contribution in [-0.4, -0.2) is 73.4 Å². The molecular formula is C25H35F2N9. The number of likely N-dealkylation sites (N-methyl/N-ethyl adjacent to an activating group) is 1. The van der Waals surface area contributed by atoms with Crippen LogP contribution in [0.25, 0.3) is 11.5 Å². The molecule has 2 aliphatic rings. The lowest BCUT2D eigenvalue weighted by atomic mass is 9.81. The van der Waals surface area contributed by atoms with Gasteiger partial charge in [0.15, 0.2) is 5.82 Å². The molecule has 1 unspecified atom stereocenters. The average Bonchev–Trinajstić information content (AvgIpc) is 3.49. The van der Waals surface area contributed by atoms with E-state index in [-0.39, 0.29) is 24.8 Å². The summed E-state index contributed by atoms with van der Waals surface area (Å²) in [5, 5.41) is 12.6. The van der Waals surface area contributed by atoms with Crippen molar-refractivity contribution in [2.45, 2.75) is 58.0 Å². The standard InChI is InChI=1S/C25H35F2N9/c1-5-35-21(8-11-28-35)17(2)29-22(19-6-9-25(26,27)10-7-19)20-16-36-24(30-20)31-23(18(3)32-36)34-14-12-33(4)13-15-34/h8,11,16,19,22,29H,2,5-7,9-10,12-15H2,1,3-4H3. The van der Waals surface area contributed by atoms with Gasteiger partial charge >= 0.3 is 0 Å². The van der Waals surface area contributed by atoms with Gasteiger partial charge in [0.25, 0.3) is 5.78 Å². The minimum atomic E-state index is -2.60. The van der Waals surface area contributed by atoms with Crippen LogP contribution in [0.1, 0.15) is 55.7 Å². The van der Waals surface area contributed by atoms with E-state index in [2.05, 4.69) is 33.8 Å². The first-order valence-electron chi connectivity index (χ1n) is 12.8. The van der Waals surface area contributed by atoms with E-state index >= 15 is 0 Å². The number of halogens is 2. The first kappa shape index (κ1) is 24.6. The molecule has 1 N–H and O–H groups in total. The van der Waals surface area contributed by atoms with Gasteiger partial charge in [-0.1, -0.05) is 6.58 Å². The van der Waals surface area contributed by atoms with Gasteiger partial charge in [0, 0.05) is 51.8 Å². The van der Waals surface area contributed by atoms with Crippen LogP contribution in [-0.2, 0) is 6.54 Å². The number of aryl methyl sites for hydroxylation is 2. The van der Waals surface area contributed by atoms with E-state index in [9.17, 15) is 8.78 Å². The van der Waals surface area contributed by atoms with Gasteiger partial charge in [-0.15, -0.1) is 0 Å². The van der Waals surface area contributed by atoms with Crippen molar-refractivity contribution in [1.29, 1.82) is 0 Å². The van der Waals surface area contributed by atoms with E-state index in [0.717, 1.165) is 49.1 Å². The first-order valence-corrected chi connectivity index (χ1v) is 12.8. The number of imidazole rings is 1. The fourth-order valence-corrected chi connectivity index (χ4v) is 5.31. The minimum absolute atomic E-state index is 0.0116. The summed E-state index contributed by atoms with van der Waals surface area (Å²) in [5.74, 6) is -1.25. The molecule has 1 saturated heterocycles. The summed E-state index contributed by atoms with van der Waals surface area (Å²) < 4.78 is 31.5. The Morgan fingerprint density at radius 1 is 1.19 bits per heavy atom. The second-order valence-electron chi connectivity index (χ2n) is 10.0. The van der Waals surface area contributed by atoms with E-state index in [1.54, 1.807) is 10.7 Å². The van der Waals surface area contributed by atoms with Gasteiger partial charge < -0.3 is 15.1 Å². The number of rotatable bonds is 7. The Kier molecular flexibility index (Phi) is 6.67. The molecule has 0 bridgehead atoms. The summed E-state index contributed by atoms with van der Waals surface area (Å²) in [6, 6.07) is 1.62. The third-order valence-electron chi connectivity index (χ3n) is 7.49. The SMILES string of the molecule is C=C(NC(c1cn2nc(C)c(N3CCN(C)CC3)nc2n1)C1CCC(F)(F)CC1)c1ccnn1CC. The predicted octanol–water partition coefficient (Wildman–Crippen LogP) is 3.53. The summed E-state index contributed by atoms with van der Waals surface area (Å²) in [7, 11) is 2.12. The van der Waals surface area contributed by atoms with Crippen molar-refractivity contribution in [3.05, 3.63) is 42.1 Å². The third-order valence-corrected chi connectivity index (χ3v) is 7.49. The fraction of sp³-hybridized carbons (Fsp3) is 0.600. The molecule has 1 aliphatic carbocycles. The highest BCUT2D eigenvalue weighted by Gasteiger charge is 2.39. The largest absolute Gasteiger partial charge is 0.375 e. The molecule has 4 heterocycles. The number of piperazine rings is 1. The summed E-state index contributed by atoms with van der Waals surface area (Å²) in [6.07, 6.45) is 4.19. The molecule has 9 nitrogen and oxygen atoms in total. The van der Waals surface area contributed by atoms with E-state index in [1.165, 1.54) is 0 Å². The zero-order valence-corrected chi connectivity index (χ0v) is 21.3. The first-order chi connectivity index (χ1) is 17.2. The van der Waals surface area contributed by atoms with Gasteiger partial charge in [0.2, 0.25) is 5.92 Å². The Labute approximate surface area is 210 Å². The molecule has 0 spiro atoms. The maximum atomic E-state index is 14.0. The van der Waals surface area contributed by atoms with Crippen LogP contribution in [0.2, 0.25) is 0 Å². The number of aromatic nitrogens is 6. The van der Waals surface area contributed by atoms with Crippen LogP contribution in [0, 0.1) is 12.8 Å². The third kappa shape index (κ3) is 4.93. The number of hydrogen-bond donors (Lipinski definition) is 1. The number of alkyl halides is 2. The highest BCUT2D eigenvalue weighted by Crippen LogP contribution is 2.42. The number of nitrogens with zero attached hydrogens (tertiary/aromatic N) is 8. The second-order valence-corrected chi connectivity index (χ2v) is 10.0. The van der Waals surface area contributed by atoms with Crippen molar-refractivity contribution >= 4 is 17.3 Å². The molecule has 36 heavy (non-hydrogen) atoms. The molecule has 11 heteroatoms. The molecule has 1 atom stereocenters.